The van der Waals surface area contributed by atoms with E-state index in [0.717, 1.165) is 40.5 Å². The topological polar surface area (TPSA) is 33.2 Å². The van der Waals surface area contributed by atoms with Gasteiger partial charge in [0, 0.05) is 21.6 Å². The molecule has 0 atom stereocenters. The Bertz CT molecular complexity index is 671. The van der Waals surface area contributed by atoms with Crippen LogP contribution in [0.1, 0.15) is 37.0 Å². The maximum Gasteiger partial charge on any atom is 0.165 e. The van der Waals surface area contributed by atoms with Crippen LogP contribution in [0.4, 0.5) is 0 Å². The Labute approximate surface area is 150 Å². The molecule has 1 heterocycles. The molecule has 0 aliphatic heterocycles. The summed E-state index contributed by atoms with van der Waals surface area (Å²) in [7, 11) is 0. The molecule has 5 heteroatoms. The number of nitrogens with zero attached hydrogens (tertiary/aromatic N) is 2. The van der Waals surface area contributed by atoms with Gasteiger partial charge in [-0.25, -0.2) is 0 Å². The van der Waals surface area contributed by atoms with Crippen molar-refractivity contribution in [2.45, 2.75) is 26.7 Å². The number of hydrogen-bond donors (Lipinski definition) is 0. The maximum atomic E-state index is 12.4. The minimum Gasteiger partial charge on any atom is -0.304 e. The average molecular weight is 431 g/mol. The van der Waals surface area contributed by atoms with Gasteiger partial charge in [0.2, 0.25) is 0 Å². The van der Waals surface area contributed by atoms with Gasteiger partial charge < -0.3 is 4.90 Å². The van der Waals surface area contributed by atoms with E-state index in [4.69, 9.17) is 11.6 Å². The van der Waals surface area contributed by atoms with Crippen molar-refractivity contribution in [2.24, 2.45) is 0 Å². The molecule has 0 saturated heterocycles. The standard InChI is InChI=1S/C17H20ClIN2O/c1-3-21(4-2)9-5-6-16(22)14-11-20-15-8-7-12(19)10-13(15)17(14)18/h7-8,10-11H,3-6,9H2,1-2H3. The predicted octanol–water partition coefficient (Wildman–Crippen LogP) is 4.80. The van der Waals surface area contributed by atoms with Crippen molar-refractivity contribution in [3.05, 3.63) is 38.6 Å². The molecular weight excluding hydrogens is 411 g/mol. The second-order valence-electron chi connectivity index (χ2n) is 5.20. The summed E-state index contributed by atoms with van der Waals surface area (Å²) in [5, 5.41) is 1.37. The minimum absolute atomic E-state index is 0.0745. The van der Waals surface area contributed by atoms with E-state index in [1.165, 1.54) is 0 Å². The molecule has 2 aromatic rings. The molecule has 0 unspecified atom stereocenters. The van der Waals surface area contributed by atoms with Crippen molar-refractivity contribution in [3.63, 3.8) is 0 Å². The zero-order chi connectivity index (χ0) is 16.1. The summed E-state index contributed by atoms with van der Waals surface area (Å²) >= 11 is 8.66. The van der Waals surface area contributed by atoms with Gasteiger partial charge in [0.25, 0.3) is 0 Å². The molecule has 1 aromatic carbocycles. The Hall–Kier alpha value is -0.720. The lowest BCUT2D eigenvalue weighted by Crippen LogP contribution is -2.24. The fourth-order valence-corrected chi connectivity index (χ4v) is 3.26. The van der Waals surface area contributed by atoms with Gasteiger partial charge >= 0.3 is 0 Å². The van der Waals surface area contributed by atoms with E-state index < -0.39 is 0 Å². The van der Waals surface area contributed by atoms with Crippen LogP contribution in [-0.2, 0) is 0 Å². The SMILES string of the molecule is CCN(CC)CCCC(=O)c1cnc2ccc(I)cc2c1Cl. The van der Waals surface area contributed by atoms with Crippen molar-refractivity contribution >= 4 is 50.9 Å². The van der Waals surface area contributed by atoms with E-state index in [-0.39, 0.29) is 5.78 Å². The molecule has 118 valence electrons. The van der Waals surface area contributed by atoms with Gasteiger partial charge in [-0.05, 0) is 66.8 Å². The summed E-state index contributed by atoms with van der Waals surface area (Å²) in [4.78, 5) is 19.1. The van der Waals surface area contributed by atoms with Gasteiger partial charge in [-0.2, -0.15) is 0 Å². The highest BCUT2D eigenvalue weighted by atomic mass is 127. The van der Waals surface area contributed by atoms with E-state index in [1.807, 2.05) is 18.2 Å². The Morgan fingerprint density at radius 1 is 1.32 bits per heavy atom. The van der Waals surface area contributed by atoms with E-state index in [0.29, 0.717) is 17.0 Å². The number of fused-ring (bicyclic) bond motifs is 1. The average Bonchev–Trinajstić information content (AvgIpc) is 2.52. The summed E-state index contributed by atoms with van der Waals surface area (Å²) in [6.45, 7) is 7.24. The van der Waals surface area contributed by atoms with Crippen LogP contribution in [0.5, 0.6) is 0 Å². The monoisotopic (exact) mass is 430 g/mol. The third-order valence-electron chi connectivity index (χ3n) is 3.84. The molecule has 0 N–H and O–H groups in total. The van der Waals surface area contributed by atoms with Gasteiger partial charge in [0.1, 0.15) is 0 Å². The lowest BCUT2D eigenvalue weighted by atomic mass is 10.1. The molecule has 0 bridgehead atoms. The van der Waals surface area contributed by atoms with Crippen LogP contribution >= 0.6 is 34.2 Å². The fourth-order valence-electron chi connectivity index (χ4n) is 2.46. The van der Waals surface area contributed by atoms with Crippen molar-refractivity contribution < 1.29 is 4.79 Å². The largest absolute Gasteiger partial charge is 0.304 e. The highest BCUT2D eigenvalue weighted by Gasteiger charge is 2.14. The molecule has 1 aromatic heterocycles. The number of Topliss-reactive ketones (excluding diaryl/α,β-unsaturated/α-hetero) is 1. The molecule has 0 fully saturated rings. The number of benzene rings is 1. The first kappa shape index (κ1) is 17.6. The first-order valence-electron chi connectivity index (χ1n) is 7.56. The van der Waals surface area contributed by atoms with Gasteiger partial charge in [-0.3, -0.25) is 9.78 Å². The smallest absolute Gasteiger partial charge is 0.165 e. The first-order valence-corrected chi connectivity index (χ1v) is 9.01. The lowest BCUT2D eigenvalue weighted by molar-refractivity contribution is 0.0975. The molecule has 0 saturated carbocycles. The number of carbonyl (C=O) groups excluding carboxylic acids is 1. The molecule has 2 rings (SSSR count). The van der Waals surface area contributed by atoms with Crippen molar-refractivity contribution in [1.82, 2.24) is 9.88 Å². The van der Waals surface area contributed by atoms with Crippen LogP contribution in [0.15, 0.2) is 24.4 Å². The maximum absolute atomic E-state index is 12.4. The molecular formula is C17H20ClIN2O. The van der Waals surface area contributed by atoms with Crippen molar-refractivity contribution in [3.8, 4) is 0 Å². The van der Waals surface area contributed by atoms with Gasteiger partial charge in [-0.15, -0.1) is 0 Å². The van der Waals surface area contributed by atoms with E-state index in [9.17, 15) is 4.79 Å². The summed E-state index contributed by atoms with van der Waals surface area (Å²) < 4.78 is 1.08. The number of aromatic nitrogens is 1. The van der Waals surface area contributed by atoms with Gasteiger partial charge in [0.05, 0.1) is 16.1 Å². The normalized spacial score (nSPS) is 11.3. The van der Waals surface area contributed by atoms with Gasteiger partial charge in [-0.1, -0.05) is 25.4 Å². The fraction of sp³-hybridized carbons (Fsp3) is 0.412. The molecule has 0 amide bonds. The Balaban J connectivity index is 2.13. The summed E-state index contributed by atoms with van der Waals surface area (Å²) in [6, 6.07) is 5.88. The third kappa shape index (κ3) is 4.18. The second kappa shape index (κ2) is 8.22. The van der Waals surface area contributed by atoms with Crippen molar-refractivity contribution in [1.29, 1.82) is 0 Å². The molecule has 3 nitrogen and oxygen atoms in total. The van der Waals surface area contributed by atoms with E-state index >= 15 is 0 Å². The third-order valence-corrected chi connectivity index (χ3v) is 4.92. The Morgan fingerprint density at radius 2 is 2.05 bits per heavy atom. The van der Waals surface area contributed by atoms with Crippen LogP contribution in [0, 0.1) is 3.57 Å². The predicted molar refractivity (Wildman–Crippen MR) is 101 cm³/mol. The van der Waals surface area contributed by atoms with Gasteiger partial charge in [0.15, 0.2) is 5.78 Å². The minimum atomic E-state index is 0.0745. The number of hydrogen-bond acceptors (Lipinski definition) is 3. The highest BCUT2D eigenvalue weighted by molar-refractivity contribution is 14.1. The lowest BCUT2D eigenvalue weighted by Gasteiger charge is -2.17. The van der Waals surface area contributed by atoms with Crippen LogP contribution in [-0.4, -0.2) is 35.3 Å². The Kier molecular flexibility index (Phi) is 6.59. The van der Waals surface area contributed by atoms with E-state index in [1.54, 1.807) is 6.20 Å². The zero-order valence-electron chi connectivity index (χ0n) is 12.9. The molecule has 0 aliphatic carbocycles. The number of ketones is 1. The number of pyridine rings is 1. The summed E-state index contributed by atoms with van der Waals surface area (Å²) in [5.74, 6) is 0.0745. The summed E-state index contributed by atoms with van der Waals surface area (Å²) in [6.07, 6.45) is 2.96. The summed E-state index contributed by atoms with van der Waals surface area (Å²) in [5.41, 5.74) is 1.36. The molecule has 0 spiro atoms. The number of carbonyl (C=O) groups is 1. The number of rotatable bonds is 7. The highest BCUT2D eigenvalue weighted by Crippen LogP contribution is 2.28. The van der Waals surface area contributed by atoms with E-state index in [2.05, 4.69) is 46.3 Å². The van der Waals surface area contributed by atoms with Crippen LogP contribution in [0.2, 0.25) is 5.02 Å². The van der Waals surface area contributed by atoms with Crippen molar-refractivity contribution in [2.75, 3.05) is 19.6 Å². The zero-order valence-corrected chi connectivity index (χ0v) is 15.8. The second-order valence-corrected chi connectivity index (χ2v) is 6.82. The number of halogens is 2. The van der Waals surface area contributed by atoms with Crippen LogP contribution in [0.3, 0.4) is 0 Å². The van der Waals surface area contributed by atoms with Crippen LogP contribution < -0.4 is 0 Å². The first-order chi connectivity index (χ1) is 10.6. The molecule has 0 aliphatic rings. The Morgan fingerprint density at radius 3 is 2.73 bits per heavy atom. The van der Waals surface area contributed by atoms with Crippen LogP contribution in [0.25, 0.3) is 10.9 Å². The molecule has 22 heavy (non-hydrogen) atoms. The molecule has 0 radical (unpaired) electrons. The quantitative estimate of drug-likeness (QED) is 0.467.